The minimum Gasteiger partial charge on any atom is -0.328 e. The van der Waals surface area contributed by atoms with Gasteiger partial charge < -0.3 is 5.73 Å². The monoisotopic (exact) mass is 195 g/mol. The molecule has 1 heteroatoms. The molecule has 1 fully saturated rings. The fourth-order valence-corrected chi connectivity index (χ4v) is 2.09. The van der Waals surface area contributed by atoms with Crippen molar-refractivity contribution in [1.82, 2.24) is 0 Å². The standard InChI is InChI=1S/C13H25N/c1-2-3-4-5-6-7-12-8-10-13(14)11-9-12/h7,13H,2-6,8-11,14H2,1H3. The highest BCUT2D eigenvalue weighted by Gasteiger charge is 2.11. The summed E-state index contributed by atoms with van der Waals surface area (Å²) in [7, 11) is 0. The summed E-state index contributed by atoms with van der Waals surface area (Å²) in [6.45, 7) is 2.26. The Morgan fingerprint density at radius 1 is 1.21 bits per heavy atom. The molecule has 1 aliphatic rings. The fourth-order valence-electron chi connectivity index (χ4n) is 2.09. The summed E-state index contributed by atoms with van der Waals surface area (Å²) >= 11 is 0. The molecule has 0 saturated heterocycles. The summed E-state index contributed by atoms with van der Waals surface area (Å²) < 4.78 is 0. The van der Waals surface area contributed by atoms with Crippen LogP contribution in [0.1, 0.15) is 64.7 Å². The lowest BCUT2D eigenvalue weighted by atomic mass is 9.90. The fraction of sp³-hybridized carbons (Fsp3) is 0.846. The lowest BCUT2D eigenvalue weighted by molar-refractivity contribution is 0.509. The van der Waals surface area contributed by atoms with Crippen LogP contribution in [0.25, 0.3) is 0 Å². The van der Waals surface area contributed by atoms with E-state index in [1.807, 2.05) is 0 Å². The summed E-state index contributed by atoms with van der Waals surface area (Å²) in [4.78, 5) is 0. The van der Waals surface area contributed by atoms with Crippen LogP contribution in [-0.2, 0) is 0 Å². The minimum absolute atomic E-state index is 0.479. The van der Waals surface area contributed by atoms with E-state index in [4.69, 9.17) is 5.73 Å². The van der Waals surface area contributed by atoms with E-state index in [2.05, 4.69) is 13.0 Å². The van der Waals surface area contributed by atoms with Crippen LogP contribution in [0.15, 0.2) is 11.6 Å². The average molecular weight is 195 g/mol. The smallest absolute Gasteiger partial charge is 0.00449 e. The molecule has 0 amide bonds. The van der Waals surface area contributed by atoms with Gasteiger partial charge >= 0.3 is 0 Å². The highest BCUT2D eigenvalue weighted by Crippen LogP contribution is 2.23. The van der Waals surface area contributed by atoms with E-state index in [1.165, 1.54) is 57.8 Å². The van der Waals surface area contributed by atoms with Crippen LogP contribution in [0.3, 0.4) is 0 Å². The normalized spacial score (nSPS) is 22.4. The third kappa shape index (κ3) is 4.80. The van der Waals surface area contributed by atoms with Gasteiger partial charge in [0.05, 0.1) is 0 Å². The predicted molar refractivity (Wildman–Crippen MR) is 63.3 cm³/mol. The second kappa shape index (κ2) is 7.05. The number of allylic oxidation sites excluding steroid dienone is 2. The van der Waals surface area contributed by atoms with Gasteiger partial charge in [0.25, 0.3) is 0 Å². The largest absolute Gasteiger partial charge is 0.328 e. The maximum absolute atomic E-state index is 5.86. The maximum Gasteiger partial charge on any atom is 0.00449 e. The van der Waals surface area contributed by atoms with Gasteiger partial charge in [-0.3, -0.25) is 0 Å². The molecule has 0 unspecified atom stereocenters. The van der Waals surface area contributed by atoms with Crippen molar-refractivity contribution in [2.45, 2.75) is 70.8 Å². The Hall–Kier alpha value is -0.300. The van der Waals surface area contributed by atoms with Gasteiger partial charge in [-0.2, -0.15) is 0 Å². The zero-order chi connectivity index (χ0) is 10.2. The van der Waals surface area contributed by atoms with Crippen LogP contribution in [0, 0.1) is 0 Å². The van der Waals surface area contributed by atoms with Crippen molar-refractivity contribution in [2.24, 2.45) is 5.73 Å². The van der Waals surface area contributed by atoms with Crippen molar-refractivity contribution in [3.8, 4) is 0 Å². The average Bonchev–Trinajstić information content (AvgIpc) is 2.21. The molecule has 0 spiro atoms. The number of nitrogens with two attached hydrogens (primary N) is 1. The Morgan fingerprint density at radius 3 is 2.57 bits per heavy atom. The predicted octanol–water partition coefficient (Wildman–Crippen LogP) is 3.78. The van der Waals surface area contributed by atoms with Crippen molar-refractivity contribution in [3.63, 3.8) is 0 Å². The molecule has 1 aliphatic carbocycles. The Labute approximate surface area is 88.8 Å². The third-order valence-corrected chi connectivity index (χ3v) is 3.16. The quantitative estimate of drug-likeness (QED) is 0.524. The summed E-state index contributed by atoms with van der Waals surface area (Å²) in [5.41, 5.74) is 7.53. The number of hydrogen-bond donors (Lipinski definition) is 1. The first-order valence-corrected chi connectivity index (χ1v) is 6.26. The Morgan fingerprint density at radius 2 is 1.93 bits per heavy atom. The van der Waals surface area contributed by atoms with Crippen LogP contribution >= 0.6 is 0 Å². The molecule has 82 valence electrons. The minimum atomic E-state index is 0.479. The van der Waals surface area contributed by atoms with E-state index in [0.29, 0.717) is 6.04 Å². The summed E-state index contributed by atoms with van der Waals surface area (Å²) in [5, 5.41) is 0. The second-order valence-electron chi connectivity index (χ2n) is 4.55. The number of hydrogen-bond acceptors (Lipinski definition) is 1. The second-order valence-corrected chi connectivity index (χ2v) is 4.55. The molecular formula is C13H25N. The van der Waals surface area contributed by atoms with Crippen molar-refractivity contribution in [3.05, 3.63) is 11.6 Å². The van der Waals surface area contributed by atoms with Crippen LogP contribution in [0.5, 0.6) is 0 Å². The molecule has 0 aromatic carbocycles. The zero-order valence-corrected chi connectivity index (χ0v) is 9.60. The maximum atomic E-state index is 5.86. The van der Waals surface area contributed by atoms with Gasteiger partial charge in [-0.25, -0.2) is 0 Å². The molecular weight excluding hydrogens is 170 g/mol. The van der Waals surface area contributed by atoms with E-state index in [1.54, 1.807) is 5.57 Å². The van der Waals surface area contributed by atoms with Crippen LogP contribution in [0.2, 0.25) is 0 Å². The van der Waals surface area contributed by atoms with Crippen molar-refractivity contribution in [1.29, 1.82) is 0 Å². The first-order valence-electron chi connectivity index (χ1n) is 6.26. The molecule has 0 radical (unpaired) electrons. The van der Waals surface area contributed by atoms with Gasteiger partial charge in [-0.05, 0) is 38.5 Å². The lowest BCUT2D eigenvalue weighted by Gasteiger charge is -2.20. The van der Waals surface area contributed by atoms with Crippen LogP contribution in [-0.4, -0.2) is 6.04 Å². The molecule has 0 aliphatic heterocycles. The highest BCUT2D eigenvalue weighted by molar-refractivity contribution is 5.05. The Balaban J connectivity index is 2.06. The van der Waals surface area contributed by atoms with Crippen LogP contribution in [0.4, 0.5) is 0 Å². The molecule has 0 bridgehead atoms. The number of rotatable bonds is 5. The van der Waals surface area contributed by atoms with E-state index in [-0.39, 0.29) is 0 Å². The molecule has 2 N–H and O–H groups in total. The first-order chi connectivity index (χ1) is 6.83. The van der Waals surface area contributed by atoms with E-state index < -0.39 is 0 Å². The summed E-state index contributed by atoms with van der Waals surface area (Å²) in [6.07, 6.45) is 14.2. The molecule has 1 rings (SSSR count). The van der Waals surface area contributed by atoms with Crippen molar-refractivity contribution in [2.75, 3.05) is 0 Å². The molecule has 1 nitrogen and oxygen atoms in total. The van der Waals surface area contributed by atoms with Gasteiger partial charge in [-0.1, -0.05) is 37.8 Å². The molecule has 0 heterocycles. The zero-order valence-electron chi connectivity index (χ0n) is 9.60. The molecule has 0 aromatic rings. The third-order valence-electron chi connectivity index (χ3n) is 3.16. The number of unbranched alkanes of at least 4 members (excludes halogenated alkanes) is 4. The Kier molecular flexibility index (Phi) is 5.93. The Bertz CT molecular complexity index is 162. The van der Waals surface area contributed by atoms with Gasteiger partial charge in [0, 0.05) is 6.04 Å². The van der Waals surface area contributed by atoms with Gasteiger partial charge in [0.1, 0.15) is 0 Å². The van der Waals surface area contributed by atoms with Gasteiger partial charge in [-0.15, -0.1) is 0 Å². The van der Waals surface area contributed by atoms with Crippen molar-refractivity contribution >= 4 is 0 Å². The summed E-state index contributed by atoms with van der Waals surface area (Å²) in [6, 6.07) is 0.479. The van der Waals surface area contributed by atoms with Crippen LogP contribution < -0.4 is 5.73 Å². The molecule has 14 heavy (non-hydrogen) atoms. The molecule has 0 atom stereocenters. The SMILES string of the molecule is CCCCCCC=C1CCC(N)CC1. The van der Waals surface area contributed by atoms with E-state index in [9.17, 15) is 0 Å². The van der Waals surface area contributed by atoms with Gasteiger partial charge in [0.2, 0.25) is 0 Å². The molecule has 1 saturated carbocycles. The lowest BCUT2D eigenvalue weighted by Crippen LogP contribution is -2.23. The first kappa shape index (κ1) is 11.8. The highest BCUT2D eigenvalue weighted by atomic mass is 14.6. The van der Waals surface area contributed by atoms with Crippen molar-refractivity contribution < 1.29 is 0 Å². The van der Waals surface area contributed by atoms with E-state index >= 15 is 0 Å². The van der Waals surface area contributed by atoms with E-state index in [0.717, 1.165) is 0 Å². The summed E-state index contributed by atoms with van der Waals surface area (Å²) in [5.74, 6) is 0. The topological polar surface area (TPSA) is 26.0 Å². The molecule has 0 aromatic heterocycles. The van der Waals surface area contributed by atoms with Gasteiger partial charge in [0.15, 0.2) is 0 Å².